The molecule has 1 N–H and O–H groups in total. The maximum absolute atomic E-state index is 5.70. The zero-order chi connectivity index (χ0) is 13.6. The van der Waals surface area contributed by atoms with Crippen LogP contribution in [0, 0.1) is 0 Å². The molecule has 2 atom stereocenters. The quantitative estimate of drug-likeness (QED) is 0.766. The topological polar surface area (TPSA) is 52.0 Å². The number of hydrogen-bond acceptors (Lipinski definition) is 4. The Bertz CT molecular complexity index is 347. The predicted molar refractivity (Wildman–Crippen MR) is 72.6 cm³/mol. The number of hydrogen-bond donors (Lipinski definition) is 1. The van der Waals surface area contributed by atoms with Gasteiger partial charge in [0.25, 0.3) is 0 Å². The van der Waals surface area contributed by atoms with Crippen molar-refractivity contribution < 1.29 is 4.74 Å². The minimum absolute atomic E-state index is 0.180. The van der Waals surface area contributed by atoms with E-state index in [2.05, 4.69) is 43.1 Å². The maximum atomic E-state index is 5.70. The molecule has 0 spiro atoms. The van der Waals surface area contributed by atoms with E-state index in [0.717, 1.165) is 31.8 Å². The van der Waals surface area contributed by atoms with E-state index >= 15 is 0 Å². The van der Waals surface area contributed by atoms with Crippen LogP contribution in [0.1, 0.15) is 39.9 Å². The van der Waals surface area contributed by atoms with Gasteiger partial charge in [0.05, 0.1) is 5.60 Å². The van der Waals surface area contributed by atoms with E-state index in [1.54, 1.807) is 13.4 Å². The van der Waals surface area contributed by atoms with Crippen LogP contribution < -0.4 is 5.32 Å². The van der Waals surface area contributed by atoms with E-state index in [1.807, 2.05) is 4.68 Å². The van der Waals surface area contributed by atoms with Gasteiger partial charge in [0.15, 0.2) is 0 Å². The van der Waals surface area contributed by atoms with Crippen LogP contribution in [0.3, 0.4) is 0 Å². The van der Waals surface area contributed by atoms with Crippen molar-refractivity contribution in [3.8, 4) is 0 Å². The summed E-state index contributed by atoms with van der Waals surface area (Å²) in [6.07, 6.45) is 3.42. The van der Waals surface area contributed by atoms with Crippen LogP contribution in [0.25, 0.3) is 0 Å². The van der Waals surface area contributed by atoms with E-state index in [-0.39, 0.29) is 11.6 Å². The molecule has 0 fully saturated rings. The fraction of sp³-hybridized carbons (Fsp3) is 0.846. The average Bonchev–Trinajstić information content (AvgIpc) is 2.84. The Kier molecular flexibility index (Phi) is 5.75. The molecule has 1 rings (SSSR count). The molecule has 1 heterocycles. The first-order chi connectivity index (χ1) is 8.61. The molecule has 0 aliphatic carbocycles. The molecule has 18 heavy (non-hydrogen) atoms. The second-order valence-electron chi connectivity index (χ2n) is 4.68. The van der Waals surface area contributed by atoms with Gasteiger partial charge >= 0.3 is 0 Å². The lowest BCUT2D eigenvalue weighted by molar-refractivity contribution is -0.0290. The molecule has 0 aliphatic heterocycles. The van der Waals surface area contributed by atoms with Crippen molar-refractivity contribution in [1.82, 2.24) is 20.1 Å². The first kappa shape index (κ1) is 15.1. The van der Waals surface area contributed by atoms with Gasteiger partial charge in [-0.15, -0.1) is 0 Å². The first-order valence-corrected chi connectivity index (χ1v) is 6.76. The van der Waals surface area contributed by atoms with E-state index in [4.69, 9.17) is 4.74 Å². The molecule has 0 radical (unpaired) electrons. The fourth-order valence-corrected chi connectivity index (χ4v) is 2.18. The third-order valence-corrected chi connectivity index (χ3v) is 3.74. The third kappa shape index (κ3) is 3.29. The standard InChI is InChI=1S/C13H26N4O/c1-6-13(4,18-5)11(14-7-2)9-12-15-10-16-17(12)8-3/h10-11,14H,6-9H2,1-5H3. The van der Waals surface area contributed by atoms with Crippen molar-refractivity contribution in [2.45, 2.75) is 58.7 Å². The lowest BCUT2D eigenvalue weighted by Gasteiger charge is -2.36. The van der Waals surface area contributed by atoms with Crippen molar-refractivity contribution in [1.29, 1.82) is 0 Å². The maximum Gasteiger partial charge on any atom is 0.138 e. The van der Waals surface area contributed by atoms with Gasteiger partial charge in [-0.2, -0.15) is 5.10 Å². The van der Waals surface area contributed by atoms with Crippen LogP contribution in [-0.4, -0.2) is 40.1 Å². The Labute approximate surface area is 110 Å². The highest BCUT2D eigenvalue weighted by Gasteiger charge is 2.33. The molecular formula is C13H26N4O. The Morgan fingerprint density at radius 3 is 2.67 bits per heavy atom. The Balaban J connectivity index is 2.86. The summed E-state index contributed by atoms with van der Waals surface area (Å²) >= 11 is 0. The number of nitrogens with one attached hydrogen (secondary N) is 1. The van der Waals surface area contributed by atoms with Gasteiger partial charge in [0.2, 0.25) is 0 Å². The average molecular weight is 254 g/mol. The van der Waals surface area contributed by atoms with E-state index in [9.17, 15) is 0 Å². The van der Waals surface area contributed by atoms with Crippen LogP contribution >= 0.6 is 0 Å². The first-order valence-electron chi connectivity index (χ1n) is 6.76. The predicted octanol–water partition coefficient (Wildman–Crippen LogP) is 1.63. The number of aryl methyl sites for hydroxylation is 1. The number of likely N-dealkylation sites (N-methyl/N-ethyl adjacent to an activating group) is 1. The summed E-state index contributed by atoms with van der Waals surface area (Å²) in [5.74, 6) is 1.01. The molecule has 5 heteroatoms. The summed E-state index contributed by atoms with van der Waals surface area (Å²) in [5.41, 5.74) is -0.180. The smallest absolute Gasteiger partial charge is 0.138 e. The number of ether oxygens (including phenoxy) is 1. The SMILES string of the molecule is CCNC(Cc1ncnn1CC)C(C)(CC)OC. The largest absolute Gasteiger partial charge is 0.377 e. The Hall–Kier alpha value is -0.940. The molecule has 0 aliphatic rings. The molecule has 0 bridgehead atoms. The lowest BCUT2D eigenvalue weighted by Crippen LogP contribution is -2.51. The molecule has 1 aromatic rings. The van der Waals surface area contributed by atoms with Crippen LogP contribution in [0.2, 0.25) is 0 Å². The van der Waals surface area contributed by atoms with Gasteiger partial charge in [-0.05, 0) is 26.8 Å². The van der Waals surface area contributed by atoms with Crippen LogP contribution in [0.5, 0.6) is 0 Å². The van der Waals surface area contributed by atoms with Gasteiger partial charge in [-0.3, -0.25) is 4.68 Å². The molecule has 5 nitrogen and oxygen atoms in total. The molecule has 0 amide bonds. The van der Waals surface area contributed by atoms with Crippen molar-refractivity contribution in [3.63, 3.8) is 0 Å². The summed E-state index contributed by atoms with van der Waals surface area (Å²) < 4.78 is 7.64. The Morgan fingerprint density at radius 2 is 2.17 bits per heavy atom. The zero-order valence-electron chi connectivity index (χ0n) is 12.2. The van der Waals surface area contributed by atoms with Crippen LogP contribution in [0.15, 0.2) is 6.33 Å². The molecule has 0 saturated heterocycles. The van der Waals surface area contributed by atoms with Crippen LogP contribution in [0.4, 0.5) is 0 Å². The Morgan fingerprint density at radius 1 is 1.44 bits per heavy atom. The minimum atomic E-state index is -0.180. The summed E-state index contributed by atoms with van der Waals surface area (Å²) in [5, 5.41) is 7.73. The number of aromatic nitrogens is 3. The van der Waals surface area contributed by atoms with Crippen LogP contribution in [-0.2, 0) is 17.7 Å². The molecule has 2 unspecified atom stereocenters. The summed E-state index contributed by atoms with van der Waals surface area (Å²) in [6, 6.07) is 0.243. The molecule has 1 aromatic heterocycles. The highest BCUT2D eigenvalue weighted by atomic mass is 16.5. The lowest BCUT2D eigenvalue weighted by atomic mass is 9.90. The van der Waals surface area contributed by atoms with Gasteiger partial charge < -0.3 is 10.1 Å². The van der Waals surface area contributed by atoms with E-state index in [0.29, 0.717) is 0 Å². The third-order valence-electron chi connectivity index (χ3n) is 3.74. The van der Waals surface area contributed by atoms with Crippen molar-refractivity contribution in [3.05, 3.63) is 12.2 Å². The monoisotopic (exact) mass is 254 g/mol. The number of rotatable bonds is 8. The molecule has 104 valence electrons. The summed E-state index contributed by atoms with van der Waals surface area (Å²) in [4.78, 5) is 4.35. The van der Waals surface area contributed by atoms with Gasteiger partial charge in [0, 0.05) is 26.1 Å². The zero-order valence-corrected chi connectivity index (χ0v) is 12.2. The fourth-order valence-electron chi connectivity index (χ4n) is 2.18. The summed E-state index contributed by atoms with van der Waals surface area (Å²) in [7, 11) is 1.78. The second-order valence-corrected chi connectivity index (χ2v) is 4.68. The number of nitrogens with zero attached hydrogens (tertiary/aromatic N) is 3. The van der Waals surface area contributed by atoms with Crippen molar-refractivity contribution >= 4 is 0 Å². The van der Waals surface area contributed by atoms with E-state index < -0.39 is 0 Å². The highest BCUT2D eigenvalue weighted by Crippen LogP contribution is 2.21. The normalized spacial score (nSPS) is 16.5. The second kappa shape index (κ2) is 6.85. The van der Waals surface area contributed by atoms with Gasteiger partial charge in [0.1, 0.15) is 12.2 Å². The highest BCUT2D eigenvalue weighted by molar-refractivity contribution is 4.97. The molecular weight excluding hydrogens is 228 g/mol. The van der Waals surface area contributed by atoms with Gasteiger partial charge in [-0.25, -0.2) is 4.98 Å². The van der Waals surface area contributed by atoms with E-state index in [1.165, 1.54) is 0 Å². The number of methoxy groups -OCH3 is 1. The summed E-state index contributed by atoms with van der Waals surface area (Å²) in [6.45, 7) is 10.3. The van der Waals surface area contributed by atoms with Gasteiger partial charge in [-0.1, -0.05) is 13.8 Å². The molecule has 0 saturated carbocycles. The molecule has 0 aromatic carbocycles. The minimum Gasteiger partial charge on any atom is -0.377 e. The van der Waals surface area contributed by atoms with Crippen molar-refractivity contribution in [2.24, 2.45) is 0 Å². The van der Waals surface area contributed by atoms with Crippen molar-refractivity contribution in [2.75, 3.05) is 13.7 Å².